The predicted molar refractivity (Wildman–Crippen MR) is 89.4 cm³/mol. The standard InChI is InChI=1S/C16H15ClN4S/c17-15(22-14-9-5-2-6-10-14)11-12-16-18-19-20-21(16)13-7-3-1-4-8-13/h1-10,15H,11-12H2. The Bertz CT molecular complexity index is 702. The smallest absolute Gasteiger partial charge is 0.156 e. The van der Waals surface area contributed by atoms with Gasteiger partial charge in [-0.25, -0.2) is 0 Å². The first-order valence-electron chi connectivity index (χ1n) is 7.01. The van der Waals surface area contributed by atoms with E-state index in [2.05, 4.69) is 27.7 Å². The first-order valence-corrected chi connectivity index (χ1v) is 8.33. The van der Waals surface area contributed by atoms with E-state index in [-0.39, 0.29) is 4.71 Å². The van der Waals surface area contributed by atoms with E-state index in [0.29, 0.717) is 0 Å². The summed E-state index contributed by atoms with van der Waals surface area (Å²) in [6, 6.07) is 20.0. The zero-order valence-corrected chi connectivity index (χ0v) is 13.4. The van der Waals surface area contributed by atoms with Gasteiger partial charge in [0.2, 0.25) is 0 Å². The van der Waals surface area contributed by atoms with Crippen LogP contribution in [0.5, 0.6) is 0 Å². The molecule has 0 bridgehead atoms. The number of alkyl halides is 1. The van der Waals surface area contributed by atoms with Crippen LogP contribution in [0.3, 0.4) is 0 Å². The van der Waals surface area contributed by atoms with Crippen molar-refractivity contribution in [3.63, 3.8) is 0 Å². The zero-order valence-electron chi connectivity index (χ0n) is 11.8. The molecule has 4 nitrogen and oxygen atoms in total. The van der Waals surface area contributed by atoms with E-state index in [1.807, 2.05) is 48.5 Å². The highest BCUT2D eigenvalue weighted by Crippen LogP contribution is 2.28. The largest absolute Gasteiger partial charge is 0.197 e. The van der Waals surface area contributed by atoms with Gasteiger partial charge in [0.05, 0.1) is 10.4 Å². The maximum atomic E-state index is 6.42. The van der Waals surface area contributed by atoms with Crippen LogP contribution in [0.2, 0.25) is 0 Å². The number of nitrogens with zero attached hydrogens (tertiary/aromatic N) is 4. The average molecular weight is 331 g/mol. The van der Waals surface area contributed by atoms with Crippen molar-refractivity contribution in [1.82, 2.24) is 20.2 Å². The van der Waals surface area contributed by atoms with Gasteiger partial charge in [0, 0.05) is 11.3 Å². The van der Waals surface area contributed by atoms with Gasteiger partial charge in [-0.15, -0.1) is 28.5 Å². The lowest BCUT2D eigenvalue weighted by molar-refractivity contribution is 0.741. The minimum atomic E-state index is -0.0108. The van der Waals surface area contributed by atoms with Gasteiger partial charge in [-0.05, 0) is 41.1 Å². The van der Waals surface area contributed by atoms with Gasteiger partial charge in [0.1, 0.15) is 0 Å². The number of hydrogen-bond donors (Lipinski definition) is 0. The molecule has 1 unspecified atom stereocenters. The van der Waals surface area contributed by atoms with Gasteiger partial charge < -0.3 is 0 Å². The van der Waals surface area contributed by atoms with Crippen molar-refractivity contribution in [2.24, 2.45) is 0 Å². The summed E-state index contributed by atoms with van der Waals surface area (Å²) in [5.41, 5.74) is 0.962. The van der Waals surface area contributed by atoms with Gasteiger partial charge in [-0.2, -0.15) is 4.68 Å². The van der Waals surface area contributed by atoms with Crippen molar-refractivity contribution in [2.45, 2.75) is 22.4 Å². The Morgan fingerprint density at radius 2 is 1.68 bits per heavy atom. The molecule has 112 valence electrons. The molecule has 0 radical (unpaired) electrons. The maximum Gasteiger partial charge on any atom is 0.156 e. The second-order valence-electron chi connectivity index (χ2n) is 4.72. The number of para-hydroxylation sites is 1. The Kier molecular flexibility index (Phi) is 5.08. The number of aromatic nitrogens is 4. The fraction of sp³-hybridized carbons (Fsp3) is 0.188. The van der Waals surface area contributed by atoms with Crippen LogP contribution in [0.1, 0.15) is 12.2 Å². The minimum absolute atomic E-state index is 0.0108. The van der Waals surface area contributed by atoms with Crippen molar-refractivity contribution in [3.8, 4) is 5.69 Å². The van der Waals surface area contributed by atoms with Crippen LogP contribution in [0.15, 0.2) is 65.6 Å². The molecule has 3 aromatic rings. The van der Waals surface area contributed by atoms with Crippen molar-refractivity contribution >= 4 is 23.4 Å². The number of benzene rings is 2. The second-order valence-corrected chi connectivity index (χ2v) is 6.78. The molecule has 0 N–H and O–H groups in total. The maximum absolute atomic E-state index is 6.42. The molecular formula is C16H15ClN4S. The monoisotopic (exact) mass is 330 g/mol. The third-order valence-electron chi connectivity index (χ3n) is 3.14. The molecule has 0 aliphatic heterocycles. The molecule has 0 aliphatic rings. The Hall–Kier alpha value is -1.85. The van der Waals surface area contributed by atoms with Gasteiger partial charge in [-0.1, -0.05) is 36.4 Å². The van der Waals surface area contributed by atoms with E-state index in [1.54, 1.807) is 16.4 Å². The molecule has 3 rings (SSSR count). The lowest BCUT2D eigenvalue weighted by atomic mass is 10.3. The zero-order chi connectivity index (χ0) is 15.2. The van der Waals surface area contributed by atoms with Crippen molar-refractivity contribution in [3.05, 3.63) is 66.5 Å². The van der Waals surface area contributed by atoms with Gasteiger partial charge >= 0.3 is 0 Å². The van der Waals surface area contributed by atoms with E-state index in [0.717, 1.165) is 24.4 Å². The molecule has 22 heavy (non-hydrogen) atoms. The summed E-state index contributed by atoms with van der Waals surface area (Å²) in [6.45, 7) is 0. The van der Waals surface area contributed by atoms with Crippen LogP contribution in [0.4, 0.5) is 0 Å². The van der Waals surface area contributed by atoms with Crippen molar-refractivity contribution in [1.29, 1.82) is 0 Å². The molecule has 0 saturated heterocycles. The number of hydrogen-bond acceptors (Lipinski definition) is 4. The molecule has 6 heteroatoms. The number of rotatable bonds is 6. The van der Waals surface area contributed by atoms with Crippen LogP contribution in [-0.4, -0.2) is 24.9 Å². The molecule has 1 atom stereocenters. The summed E-state index contributed by atoms with van der Waals surface area (Å²) in [5, 5.41) is 11.9. The predicted octanol–water partition coefficient (Wildman–Crippen LogP) is 3.95. The van der Waals surface area contributed by atoms with Crippen molar-refractivity contribution in [2.75, 3.05) is 0 Å². The lowest BCUT2D eigenvalue weighted by Crippen LogP contribution is -2.05. The molecule has 0 spiro atoms. The van der Waals surface area contributed by atoms with Crippen LogP contribution in [-0.2, 0) is 6.42 Å². The number of aryl methyl sites for hydroxylation is 1. The van der Waals surface area contributed by atoms with Gasteiger partial charge in [0.25, 0.3) is 0 Å². The fourth-order valence-electron chi connectivity index (χ4n) is 2.08. The summed E-state index contributed by atoms with van der Waals surface area (Å²) in [7, 11) is 0. The Morgan fingerprint density at radius 1 is 1.00 bits per heavy atom. The number of thioether (sulfide) groups is 1. The normalized spacial score (nSPS) is 12.2. The summed E-state index contributed by atoms with van der Waals surface area (Å²) in [4.78, 5) is 1.17. The summed E-state index contributed by atoms with van der Waals surface area (Å²) in [5.74, 6) is 0.825. The van der Waals surface area contributed by atoms with E-state index in [1.165, 1.54) is 4.90 Å². The Labute approximate surface area is 138 Å². The number of halogens is 1. The highest BCUT2D eigenvalue weighted by molar-refractivity contribution is 8.01. The van der Waals surface area contributed by atoms with Gasteiger partial charge in [0.15, 0.2) is 5.82 Å². The molecule has 0 amide bonds. The number of tetrazole rings is 1. The Balaban J connectivity index is 1.62. The Morgan fingerprint density at radius 3 is 2.41 bits per heavy atom. The fourth-order valence-corrected chi connectivity index (χ4v) is 3.34. The van der Waals surface area contributed by atoms with E-state index >= 15 is 0 Å². The first kappa shape index (κ1) is 15.1. The third-order valence-corrected chi connectivity index (χ3v) is 4.66. The van der Waals surface area contributed by atoms with Crippen LogP contribution < -0.4 is 0 Å². The average Bonchev–Trinajstić information content (AvgIpc) is 3.03. The minimum Gasteiger partial charge on any atom is -0.197 e. The van der Waals surface area contributed by atoms with Crippen LogP contribution >= 0.6 is 23.4 Å². The van der Waals surface area contributed by atoms with Crippen LogP contribution in [0, 0.1) is 0 Å². The first-order chi connectivity index (χ1) is 10.8. The third kappa shape index (κ3) is 3.87. The van der Waals surface area contributed by atoms with Crippen LogP contribution in [0.25, 0.3) is 5.69 Å². The van der Waals surface area contributed by atoms with Crippen molar-refractivity contribution < 1.29 is 0 Å². The summed E-state index contributed by atoms with van der Waals surface area (Å²) >= 11 is 8.07. The summed E-state index contributed by atoms with van der Waals surface area (Å²) in [6.07, 6.45) is 1.53. The van der Waals surface area contributed by atoms with E-state index in [4.69, 9.17) is 11.6 Å². The van der Waals surface area contributed by atoms with Gasteiger partial charge in [-0.3, -0.25) is 0 Å². The molecular weight excluding hydrogens is 316 g/mol. The molecule has 0 aliphatic carbocycles. The molecule has 0 fully saturated rings. The molecule has 1 aromatic heterocycles. The molecule has 1 heterocycles. The van der Waals surface area contributed by atoms with E-state index < -0.39 is 0 Å². The SMILES string of the molecule is ClC(CCc1nnnn1-c1ccccc1)Sc1ccccc1. The molecule has 0 saturated carbocycles. The quantitative estimate of drug-likeness (QED) is 0.507. The molecule has 2 aromatic carbocycles. The summed E-state index contributed by atoms with van der Waals surface area (Å²) < 4.78 is 1.75. The lowest BCUT2D eigenvalue weighted by Gasteiger charge is -2.09. The topological polar surface area (TPSA) is 43.6 Å². The van der Waals surface area contributed by atoms with E-state index in [9.17, 15) is 0 Å². The second kappa shape index (κ2) is 7.42. The highest BCUT2D eigenvalue weighted by atomic mass is 35.5. The highest BCUT2D eigenvalue weighted by Gasteiger charge is 2.12.